The minimum atomic E-state index is -4.70. The lowest BCUT2D eigenvalue weighted by Crippen LogP contribution is -2.43. The summed E-state index contributed by atoms with van der Waals surface area (Å²) in [4.78, 5) is 41.2. The lowest BCUT2D eigenvalue weighted by atomic mass is 9.80. The number of aryl methyl sites for hydroxylation is 1. The summed E-state index contributed by atoms with van der Waals surface area (Å²) in [6.07, 6.45) is -2.97. The van der Waals surface area contributed by atoms with Crippen LogP contribution in [-0.2, 0) is 41.7 Å². The highest BCUT2D eigenvalue weighted by molar-refractivity contribution is 7.92. The van der Waals surface area contributed by atoms with Crippen molar-refractivity contribution in [3.63, 3.8) is 0 Å². The Morgan fingerprint density at radius 3 is 2.41 bits per heavy atom. The van der Waals surface area contributed by atoms with E-state index in [1.54, 1.807) is 13.0 Å². The standard InChI is InChI=1S/C34H36F3N3O8S/c1-3-16-33(17-15-22-9-6-5-7-10-22)19-27(47-32(44)39-21-29(41)42)30(31(43)48-33)26(4-2)23-11-8-12-25(18-23)40-49(45,46)28-14-13-24(20-38-28)34(35,36)37/h5-14,18,20,26,40H,3-4,15-17,19,21H2,1-2H3,(H,39,44)(H,41,42)/t26-,33-/m1/s1. The van der Waals surface area contributed by atoms with Crippen LogP contribution in [0.25, 0.3) is 0 Å². The van der Waals surface area contributed by atoms with E-state index in [0.29, 0.717) is 43.5 Å². The summed E-state index contributed by atoms with van der Waals surface area (Å²) in [6, 6.07) is 16.9. The molecule has 3 N–H and O–H groups in total. The number of aromatic nitrogens is 1. The third-order valence-corrected chi connectivity index (χ3v) is 9.26. The van der Waals surface area contributed by atoms with E-state index in [1.165, 1.54) is 18.2 Å². The van der Waals surface area contributed by atoms with E-state index >= 15 is 0 Å². The van der Waals surface area contributed by atoms with Gasteiger partial charge in [0.2, 0.25) is 0 Å². The molecular weight excluding hydrogens is 667 g/mol. The van der Waals surface area contributed by atoms with Crippen molar-refractivity contribution >= 4 is 33.7 Å². The van der Waals surface area contributed by atoms with Crippen molar-refractivity contribution in [3.8, 4) is 0 Å². The first-order chi connectivity index (χ1) is 23.2. The minimum Gasteiger partial charge on any atom is -0.480 e. The Labute approximate surface area is 281 Å². The predicted octanol–water partition coefficient (Wildman–Crippen LogP) is 6.58. The first-order valence-electron chi connectivity index (χ1n) is 15.5. The fraction of sp³-hybridized carbons (Fsp3) is 0.353. The zero-order chi connectivity index (χ0) is 35.8. The number of halogens is 3. The van der Waals surface area contributed by atoms with Gasteiger partial charge in [-0.2, -0.15) is 21.6 Å². The lowest BCUT2D eigenvalue weighted by molar-refractivity contribution is -0.161. The zero-order valence-corrected chi connectivity index (χ0v) is 27.6. The number of alkyl carbamates (subject to hydrolysis) is 1. The fourth-order valence-corrected chi connectivity index (χ4v) is 6.71. The van der Waals surface area contributed by atoms with Crippen molar-refractivity contribution in [1.29, 1.82) is 0 Å². The smallest absolute Gasteiger partial charge is 0.417 e. The van der Waals surface area contributed by atoms with Gasteiger partial charge in [-0.25, -0.2) is 14.6 Å². The third kappa shape index (κ3) is 9.59. The molecular formula is C34H36F3N3O8S. The molecule has 11 nitrogen and oxygen atoms in total. The number of carboxylic acid groups (broad SMARTS) is 1. The molecule has 262 valence electrons. The monoisotopic (exact) mass is 703 g/mol. The van der Waals surface area contributed by atoms with Crippen LogP contribution in [0.4, 0.5) is 23.7 Å². The van der Waals surface area contributed by atoms with Gasteiger partial charge in [0.05, 0.1) is 11.1 Å². The summed E-state index contributed by atoms with van der Waals surface area (Å²) in [5.74, 6) is -2.79. The molecule has 0 bridgehead atoms. The Balaban J connectivity index is 1.69. The molecule has 2 aromatic carbocycles. The van der Waals surface area contributed by atoms with E-state index < -0.39 is 62.9 Å². The first kappa shape index (κ1) is 36.9. The molecule has 0 unspecified atom stereocenters. The van der Waals surface area contributed by atoms with Gasteiger partial charge < -0.3 is 19.9 Å². The number of aliphatic carboxylic acids is 1. The second kappa shape index (κ2) is 15.5. The number of carbonyl (C=O) groups is 3. The van der Waals surface area contributed by atoms with Gasteiger partial charge >= 0.3 is 24.2 Å². The number of nitrogens with one attached hydrogen (secondary N) is 2. The molecule has 2 heterocycles. The number of rotatable bonds is 14. The first-order valence-corrected chi connectivity index (χ1v) is 17.0. The van der Waals surface area contributed by atoms with E-state index in [9.17, 15) is 36.0 Å². The van der Waals surface area contributed by atoms with E-state index in [1.807, 2.05) is 37.3 Å². The Morgan fingerprint density at radius 2 is 1.80 bits per heavy atom. The highest BCUT2D eigenvalue weighted by atomic mass is 32.2. The number of anilines is 1. The molecule has 0 spiro atoms. The molecule has 4 rings (SSSR count). The van der Waals surface area contributed by atoms with E-state index in [0.717, 1.165) is 11.6 Å². The molecule has 0 aliphatic carbocycles. The average Bonchev–Trinajstić information content (AvgIpc) is 3.05. The van der Waals surface area contributed by atoms with Gasteiger partial charge in [-0.3, -0.25) is 9.52 Å². The Bertz CT molecular complexity index is 1800. The highest BCUT2D eigenvalue weighted by Gasteiger charge is 2.44. The molecule has 0 saturated heterocycles. The van der Waals surface area contributed by atoms with Crippen LogP contribution < -0.4 is 10.0 Å². The Kier molecular flexibility index (Phi) is 11.7. The maximum absolute atomic E-state index is 13.9. The van der Waals surface area contributed by atoms with Crippen LogP contribution in [0, 0.1) is 0 Å². The number of carboxylic acids is 1. The van der Waals surface area contributed by atoms with Gasteiger partial charge in [-0.15, -0.1) is 0 Å². The van der Waals surface area contributed by atoms with Crippen LogP contribution in [0.15, 0.2) is 89.3 Å². The van der Waals surface area contributed by atoms with Crippen LogP contribution in [0.5, 0.6) is 0 Å². The summed E-state index contributed by atoms with van der Waals surface area (Å²) >= 11 is 0. The molecule has 0 saturated carbocycles. The van der Waals surface area contributed by atoms with Crippen molar-refractivity contribution in [3.05, 3.63) is 101 Å². The number of cyclic esters (lactones) is 1. The maximum atomic E-state index is 13.9. The van der Waals surface area contributed by atoms with Crippen molar-refractivity contribution < 1.29 is 50.6 Å². The number of sulfonamides is 1. The number of alkyl halides is 3. The molecule has 1 aromatic heterocycles. The van der Waals surface area contributed by atoms with Crippen molar-refractivity contribution in [1.82, 2.24) is 10.3 Å². The van der Waals surface area contributed by atoms with Gasteiger partial charge in [0, 0.05) is 24.2 Å². The van der Waals surface area contributed by atoms with E-state index in [4.69, 9.17) is 14.6 Å². The molecule has 15 heteroatoms. The van der Waals surface area contributed by atoms with Gasteiger partial charge in [-0.05, 0) is 61.1 Å². The van der Waals surface area contributed by atoms with E-state index in [2.05, 4.69) is 15.0 Å². The van der Waals surface area contributed by atoms with Crippen molar-refractivity contribution in [2.24, 2.45) is 0 Å². The minimum absolute atomic E-state index is 0.00689. The second-order valence-corrected chi connectivity index (χ2v) is 13.2. The number of benzene rings is 2. The Hall–Kier alpha value is -4.92. The van der Waals surface area contributed by atoms with Gasteiger partial charge in [0.1, 0.15) is 17.9 Å². The number of hydrogen-bond acceptors (Lipinski definition) is 8. The van der Waals surface area contributed by atoms with Crippen LogP contribution in [-0.4, -0.2) is 48.7 Å². The number of hydrogen-bond donors (Lipinski definition) is 3. The van der Waals surface area contributed by atoms with Crippen LogP contribution in [0.1, 0.15) is 68.6 Å². The normalized spacial score (nSPS) is 17.2. The SMILES string of the molecule is CCC[C@@]1(CCc2ccccc2)CC(OC(=O)NCC(=O)O)=C([C@H](CC)c2cccc(NS(=O)(=O)c3ccc(C(F)(F)F)cn3)c2)C(=O)O1. The van der Waals surface area contributed by atoms with Crippen LogP contribution in [0.3, 0.4) is 0 Å². The van der Waals surface area contributed by atoms with E-state index in [-0.39, 0.29) is 29.9 Å². The quantitative estimate of drug-likeness (QED) is 0.158. The molecule has 0 radical (unpaired) electrons. The number of pyridine rings is 1. The average molecular weight is 704 g/mol. The van der Waals surface area contributed by atoms with Crippen LogP contribution in [0.2, 0.25) is 0 Å². The number of esters is 1. The molecule has 0 fully saturated rings. The summed E-state index contributed by atoms with van der Waals surface area (Å²) in [7, 11) is -4.41. The molecule has 1 amide bonds. The molecule has 1 aliphatic rings. The number of amides is 1. The summed E-state index contributed by atoms with van der Waals surface area (Å²) in [5.41, 5.74) is -0.629. The molecule has 49 heavy (non-hydrogen) atoms. The lowest BCUT2D eigenvalue weighted by Gasteiger charge is -2.39. The topological polar surface area (TPSA) is 161 Å². The predicted molar refractivity (Wildman–Crippen MR) is 172 cm³/mol. The number of ether oxygens (including phenoxy) is 2. The molecule has 1 aliphatic heterocycles. The largest absolute Gasteiger partial charge is 0.480 e. The molecule has 2 atom stereocenters. The van der Waals surface area contributed by atoms with Crippen molar-refractivity contribution in [2.45, 2.75) is 75.1 Å². The number of nitrogens with zero attached hydrogens (tertiary/aromatic N) is 1. The highest BCUT2D eigenvalue weighted by Crippen LogP contribution is 2.43. The van der Waals surface area contributed by atoms with Crippen LogP contribution >= 0.6 is 0 Å². The van der Waals surface area contributed by atoms with Gasteiger partial charge in [-0.1, -0.05) is 62.7 Å². The summed E-state index contributed by atoms with van der Waals surface area (Å²) < 4.78 is 79.0. The summed E-state index contributed by atoms with van der Waals surface area (Å²) in [6.45, 7) is 2.98. The maximum Gasteiger partial charge on any atom is 0.417 e. The van der Waals surface area contributed by atoms with Crippen molar-refractivity contribution in [2.75, 3.05) is 11.3 Å². The van der Waals surface area contributed by atoms with Gasteiger partial charge in [0.15, 0.2) is 5.03 Å². The summed E-state index contributed by atoms with van der Waals surface area (Å²) in [5, 5.41) is 10.6. The second-order valence-electron chi connectivity index (χ2n) is 11.5. The van der Waals surface area contributed by atoms with Gasteiger partial charge in [0.25, 0.3) is 10.0 Å². The number of carbonyl (C=O) groups excluding carboxylic acids is 2. The zero-order valence-electron chi connectivity index (χ0n) is 26.7. The molecule has 3 aromatic rings. The fourth-order valence-electron chi connectivity index (χ4n) is 5.73. The Morgan fingerprint density at radius 1 is 1.06 bits per heavy atom. The third-order valence-electron chi connectivity index (χ3n) is 7.97.